The fraction of sp³-hybridized carbons (Fsp3) is 0.0909. The number of nitrogens with two attached hydrogens (primary N) is 2. The Balaban J connectivity index is 2.35. The molecule has 0 aliphatic carbocycles. The molecule has 8 heteroatoms. The van der Waals surface area contributed by atoms with Crippen LogP contribution in [0.1, 0.15) is 0 Å². The molecule has 0 spiro atoms. The fourth-order valence-corrected chi connectivity index (χ4v) is 1.69. The zero-order valence-electron chi connectivity index (χ0n) is 10.1. The third-order valence-electron chi connectivity index (χ3n) is 2.32. The van der Waals surface area contributed by atoms with Gasteiger partial charge in [0.15, 0.2) is 0 Å². The van der Waals surface area contributed by atoms with Crippen LogP contribution in [0.3, 0.4) is 0 Å². The zero-order chi connectivity index (χ0) is 13.8. The summed E-state index contributed by atoms with van der Waals surface area (Å²) in [4.78, 5) is 7.93. The van der Waals surface area contributed by atoms with Gasteiger partial charge in [-0.3, -0.25) is 0 Å². The van der Waals surface area contributed by atoms with Crippen LogP contribution in [0, 0.1) is 0 Å². The van der Waals surface area contributed by atoms with Crippen LogP contribution in [0.5, 0.6) is 5.75 Å². The first-order valence-electron chi connectivity index (χ1n) is 5.34. The normalized spacial score (nSPS) is 10.1. The molecule has 1 heterocycles. The Morgan fingerprint density at radius 3 is 2.63 bits per heavy atom. The molecule has 19 heavy (non-hydrogen) atoms. The number of rotatable bonds is 4. The number of halogens is 1. The van der Waals surface area contributed by atoms with Crippen LogP contribution >= 0.6 is 11.6 Å². The Labute approximate surface area is 114 Å². The first kappa shape index (κ1) is 13.2. The quantitative estimate of drug-likeness (QED) is 0.499. The number of hydrazine groups is 1. The van der Waals surface area contributed by atoms with Crippen LogP contribution in [0.4, 0.5) is 23.3 Å². The lowest BCUT2D eigenvalue weighted by Gasteiger charge is -2.12. The van der Waals surface area contributed by atoms with E-state index in [1.54, 1.807) is 31.4 Å². The predicted molar refractivity (Wildman–Crippen MR) is 75.5 cm³/mol. The van der Waals surface area contributed by atoms with Crippen molar-refractivity contribution in [2.24, 2.45) is 5.84 Å². The van der Waals surface area contributed by atoms with Gasteiger partial charge >= 0.3 is 0 Å². The number of anilines is 4. The molecular weight excluding hydrogens is 268 g/mol. The highest BCUT2D eigenvalue weighted by molar-refractivity contribution is 6.31. The summed E-state index contributed by atoms with van der Waals surface area (Å²) in [5, 5.41) is 3.62. The maximum Gasteiger partial charge on any atom is 0.223 e. The number of aromatic nitrogens is 2. The van der Waals surface area contributed by atoms with E-state index in [-0.39, 0.29) is 5.95 Å². The molecule has 0 bridgehead atoms. The number of hydrogen-bond donors (Lipinski definition) is 4. The minimum Gasteiger partial charge on any atom is -0.495 e. The third kappa shape index (κ3) is 3.15. The Bertz CT molecular complexity index is 591. The van der Waals surface area contributed by atoms with Gasteiger partial charge < -0.3 is 21.2 Å². The van der Waals surface area contributed by atoms with E-state index in [1.165, 1.54) is 0 Å². The maximum absolute atomic E-state index is 5.94. The molecule has 0 aliphatic heterocycles. The number of benzene rings is 1. The lowest BCUT2D eigenvalue weighted by atomic mass is 10.3. The molecular formula is C11H13ClN6O. The highest BCUT2D eigenvalue weighted by Gasteiger charge is 2.07. The number of nitrogens with zero attached hydrogens (tertiary/aromatic N) is 2. The molecule has 0 unspecified atom stereocenters. The number of hydrogen-bond acceptors (Lipinski definition) is 7. The topological polar surface area (TPSA) is 111 Å². The Kier molecular flexibility index (Phi) is 3.88. The molecule has 2 aromatic rings. The van der Waals surface area contributed by atoms with Gasteiger partial charge in [-0.05, 0) is 18.2 Å². The summed E-state index contributed by atoms with van der Waals surface area (Å²) in [6.45, 7) is 0. The second kappa shape index (κ2) is 5.59. The van der Waals surface area contributed by atoms with Gasteiger partial charge in [-0.25, -0.2) is 5.84 Å². The van der Waals surface area contributed by atoms with Crippen LogP contribution in [0.15, 0.2) is 24.3 Å². The first-order chi connectivity index (χ1) is 9.12. The van der Waals surface area contributed by atoms with E-state index in [0.717, 1.165) is 0 Å². The molecule has 1 aromatic heterocycles. The van der Waals surface area contributed by atoms with Crippen molar-refractivity contribution in [3.8, 4) is 5.75 Å². The molecule has 0 saturated heterocycles. The van der Waals surface area contributed by atoms with Crippen LogP contribution in [0.2, 0.25) is 5.02 Å². The molecule has 0 radical (unpaired) electrons. The van der Waals surface area contributed by atoms with Gasteiger partial charge in [0.1, 0.15) is 17.4 Å². The molecule has 7 nitrogen and oxygen atoms in total. The van der Waals surface area contributed by atoms with Gasteiger partial charge in [0, 0.05) is 11.1 Å². The lowest BCUT2D eigenvalue weighted by molar-refractivity contribution is 0.417. The minimum absolute atomic E-state index is 0.0962. The van der Waals surface area contributed by atoms with Gasteiger partial charge in [-0.15, -0.1) is 0 Å². The summed E-state index contributed by atoms with van der Waals surface area (Å²) in [7, 11) is 1.57. The first-order valence-corrected chi connectivity index (χ1v) is 5.72. The van der Waals surface area contributed by atoms with Crippen LogP contribution in [-0.2, 0) is 0 Å². The summed E-state index contributed by atoms with van der Waals surface area (Å²) in [6.07, 6.45) is 0. The molecule has 1 aromatic carbocycles. The molecule has 6 N–H and O–H groups in total. The molecule has 100 valence electrons. The van der Waals surface area contributed by atoms with Crippen molar-refractivity contribution < 1.29 is 4.74 Å². The van der Waals surface area contributed by atoms with Gasteiger partial charge in [0.2, 0.25) is 5.95 Å². The van der Waals surface area contributed by atoms with Crippen molar-refractivity contribution in [1.29, 1.82) is 0 Å². The Morgan fingerprint density at radius 2 is 1.95 bits per heavy atom. The van der Waals surface area contributed by atoms with E-state index < -0.39 is 0 Å². The van der Waals surface area contributed by atoms with E-state index in [9.17, 15) is 0 Å². The van der Waals surface area contributed by atoms with Crippen molar-refractivity contribution in [3.05, 3.63) is 29.3 Å². The average Bonchev–Trinajstić information content (AvgIpc) is 2.38. The van der Waals surface area contributed by atoms with Crippen LogP contribution in [-0.4, -0.2) is 17.1 Å². The van der Waals surface area contributed by atoms with Crippen molar-refractivity contribution in [1.82, 2.24) is 9.97 Å². The monoisotopic (exact) mass is 280 g/mol. The fourth-order valence-electron chi connectivity index (χ4n) is 1.52. The van der Waals surface area contributed by atoms with E-state index in [4.69, 9.17) is 27.9 Å². The van der Waals surface area contributed by atoms with Crippen molar-refractivity contribution in [2.45, 2.75) is 0 Å². The van der Waals surface area contributed by atoms with Gasteiger partial charge in [-0.2, -0.15) is 9.97 Å². The molecule has 0 atom stereocenters. The van der Waals surface area contributed by atoms with Gasteiger partial charge in [0.05, 0.1) is 12.8 Å². The molecule has 2 rings (SSSR count). The molecule has 0 aliphatic rings. The lowest BCUT2D eigenvalue weighted by Crippen LogP contribution is -2.11. The van der Waals surface area contributed by atoms with E-state index >= 15 is 0 Å². The summed E-state index contributed by atoms with van der Waals surface area (Å²) in [5.41, 5.74) is 8.64. The highest BCUT2D eigenvalue weighted by atomic mass is 35.5. The molecule has 0 fully saturated rings. The largest absolute Gasteiger partial charge is 0.495 e. The van der Waals surface area contributed by atoms with E-state index in [1.807, 2.05) is 0 Å². The number of nitrogen functional groups attached to an aromatic ring is 2. The smallest absolute Gasteiger partial charge is 0.223 e. The predicted octanol–water partition coefficient (Wildman–Crippen LogP) is 1.75. The second-order valence-electron chi connectivity index (χ2n) is 3.61. The number of ether oxygens (including phenoxy) is 1. The van der Waals surface area contributed by atoms with Gasteiger partial charge in [0.25, 0.3) is 0 Å². The Hall–Kier alpha value is -2.25. The summed E-state index contributed by atoms with van der Waals surface area (Å²) < 4.78 is 5.22. The number of methoxy groups -OCH3 is 1. The third-order valence-corrected chi connectivity index (χ3v) is 2.55. The minimum atomic E-state index is 0.0962. The van der Waals surface area contributed by atoms with Crippen molar-refractivity contribution in [2.75, 3.05) is 23.6 Å². The highest BCUT2D eigenvalue weighted by Crippen LogP contribution is 2.30. The zero-order valence-corrected chi connectivity index (χ0v) is 10.9. The summed E-state index contributed by atoms with van der Waals surface area (Å²) in [5.74, 6) is 6.89. The maximum atomic E-state index is 5.94. The summed E-state index contributed by atoms with van der Waals surface area (Å²) in [6, 6.07) is 6.80. The van der Waals surface area contributed by atoms with Crippen LogP contribution < -0.4 is 27.1 Å². The average molecular weight is 281 g/mol. The van der Waals surface area contributed by atoms with Crippen molar-refractivity contribution in [3.63, 3.8) is 0 Å². The van der Waals surface area contributed by atoms with Gasteiger partial charge in [-0.1, -0.05) is 11.6 Å². The van der Waals surface area contributed by atoms with Crippen molar-refractivity contribution >= 4 is 34.9 Å². The molecule has 0 amide bonds. The number of nitrogens with one attached hydrogen (secondary N) is 2. The van der Waals surface area contributed by atoms with E-state index in [2.05, 4.69) is 20.7 Å². The molecule has 0 saturated carbocycles. The second-order valence-corrected chi connectivity index (χ2v) is 4.05. The van der Waals surface area contributed by atoms with Crippen LogP contribution in [0.25, 0.3) is 0 Å². The standard InChI is InChI=1S/C11H13ClN6O/c1-19-8-3-2-6(12)4-7(8)15-9-5-10(18-14)17-11(13)16-9/h2-5H,14H2,1H3,(H4,13,15,16,17,18). The van der Waals surface area contributed by atoms with E-state index in [0.29, 0.717) is 28.1 Å². The summed E-state index contributed by atoms with van der Waals surface area (Å²) >= 11 is 5.94. The SMILES string of the molecule is COc1ccc(Cl)cc1Nc1cc(NN)nc(N)n1. The Morgan fingerprint density at radius 1 is 1.21 bits per heavy atom.